The summed E-state index contributed by atoms with van der Waals surface area (Å²) in [5.74, 6) is 0.643. The van der Waals surface area contributed by atoms with Crippen LogP contribution in [0.25, 0.3) is 22.2 Å². The van der Waals surface area contributed by atoms with E-state index >= 15 is 0 Å². The minimum absolute atomic E-state index is 0.298. The second-order valence-electron chi connectivity index (χ2n) is 8.02. The van der Waals surface area contributed by atoms with E-state index in [4.69, 9.17) is 4.98 Å². The van der Waals surface area contributed by atoms with Crippen molar-refractivity contribution in [2.75, 3.05) is 0 Å². The van der Waals surface area contributed by atoms with Crippen LogP contribution >= 0.6 is 0 Å². The fraction of sp³-hybridized carbons (Fsp3) is 0.381. The molecule has 23 heavy (non-hydrogen) atoms. The van der Waals surface area contributed by atoms with E-state index < -0.39 is 0 Å². The lowest BCUT2D eigenvalue weighted by atomic mass is 9.69. The minimum Gasteiger partial charge on any atom is -0.359 e. The number of fused-ring (bicyclic) bond motifs is 6. The zero-order valence-corrected chi connectivity index (χ0v) is 14.0. The summed E-state index contributed by atoms with van der Waals surface area (Å²) in [6.45, 7) is 7.35. The monoisotopic (exact) mass is 302 g/mol. The van der Waals surface area contributed by atoms with Gasteiger partial charge in [0.15, 0.2) is 0 Å². The highest BCUT2D eigenvalue weighted by atomic mass is 14.8. The van der Waals surface area contributed by atoms with Gasteiger partial charge in [0.1, 0.15) is 0 Å². The minimum atomic E-state index is 0.298. The highest BCUT2D eigenvalue weighted by Gasteiger charge is 2.60. The van der Waals surface area contributed by atoms with Gasteiger partial charge < -0.3 is 4.98 Å². The molecule has 0 radical (unpaired) electrons. The number of aromatic amines is 1. The predicted octanol–water partition coefficient (Wildman–Crippen LogP) is 5.40. The van der Waals surface area contributed by atoms with Gasteiger partial charge >= 0.3 is 0 Å². The maximum Gasteiger partial charge on any atom is 0.0945 e. The van der Waals surface area contributed by atoms with E-state index in [-0.39, 0.29) is 0 Å². The molecule has 1 aromatic carbocycles. The van der Waals surface area contributed by atoms with E-state index in [0.717, 1.165) is 5.69 Å². The van der Waals surface area contributed by atoms with E-state index in [1.54, 1.807) is 0 Å². The molecule has 0 amide bonds. The molecule has 1 N–H and O–H groups in total. The molecule has 2 heteroatoms. The van der Waals surface area contributed by atoms with Crippen molar-refractivity contribution >= 4 is 10.8 Å². The van der Waals surface area contributed by atoms with Gasteiger partial charge in [-0.2, -0.15) is 0 Å². The standard InChI is InChI=1S/C21H22N2/c1-20(2)15-8-10-21(20,3)16-12-23-19(17(15)16)18-14-7-5-4-6-13(14)9-11-22-18/h4-7,9,11-12,15,23H,8,10H2,1-3H3. The average molecular weight is 302 g/mol. The summed E-state index contributed by atoms with van der Waals surface area (Å²) in [6.07, 6.45) is 6.80. The lowest BCUT2D eigenvalue weighted by molar-refractivity contribution is 0.230. The maximum absolute atomic E-state index is 4.75. The highest BCUT2D eigenvalue weighted by Crippen LogP contribution is 2.69. The van der Waals surface area contributed by atoms with Crippen molar-refractivity contribution in [1.29, 1.82) is 0 Å². The Kier molecular flexibility index (Phi) is 2.35. The average Bonchev–Trinajstić information content (AvgIpc) is 3.13. The largest absolute Gasteiger partial charge is 0.359 e. The molecule has 2 bridgehead atoms. The van der Waals surface area contributed by atoms with Crippen molar-refractivity contribution < 1.29 is 0 Å². The van der Waals surface area contributed by atoms with Crippen LogP contribution in [0, 0.1) is 5.41 Å². The van der Waals surface area contributed by atoms with Gasteiger partial charge in [-0.1, -0.05) is 45.0 Å². The number of hydrogen-bond donors (Lipinski definition) is 1. The zero-order valence-electron chi connectivity index (χ0n) is 14.0. The van der Waals surface area contributed by atoms with Gasteiger partial charge in [-0.25, -0.2) is 0 Å². The molecule has 116 valence electrons. The number of hydrogen-bond acceptors (Lipinski definition) is 1. The second-order valence-corrected chi connectivity index (χ2v) is 8.02. The molecule has 0 spiro atoms. The van der Waals surface area contributed by atoms with Crippen molar-refractivity contribution in [2.24, 2.45) is 5.41 Å². The van der Waals surface area contributed by atoms with Gasteiger partial charge in [0.25, 0.3) is 0 Å². The molecular weight excluding hydrogens is 280 g/mol. The number of benzene rings is 1. The Morgan fingerprint density at radius 3 is 2.83 bits per heavy atom. The molecule has 1 saturated carbocycles. The summed E-state index contributed by atoms with van der Waals surface area (Å²) >= 11 is 0. The molecule has 0 saturated heterocycles. The summed E-state index contributed by atoms with van der Waals surface area (Å²) in [6, 6.07) is 10.6. The molecule has 5 rings (SSSR count). The third-order valence-corrected chi connectivity index (χ3v) is 7.00. The number of nitrogens with one attached hydrogen (secondary N) is 1. The highest BCUT2D eigenvalue weighted by molar-refractivity contribution is 5.94. The molecular formula is C21H22N2. The lowest BCUT2D eigenvalue weighted by Gasteiger charge is -2.35. The van der Waals surface area contributed by atoms with Crippen LogP contribution in [0.4, 0.5) is 0 Å². The number of H-pyrrole nitrogens is 1. The fourth-order valence-corrected chi connectivity index (χ4v) is 5.26. The van der Waals surface area contributed by atoms with Crippen LogP contribution in [0.15, 0.2) is 42.7 Å². The molecule has 2 heterocycles. The van der Waals surface area contributed by atoms with Gasteiger partial charge in [-0.3, -0.25) is 4.98 Å². The normalized spacial score (nSPS) is 27.5. The van der Waals surface area contributed by atoms with E-state index in [1.807, 2.05) is 6.20 Å². The van der Waals surface area contributed by atoms with Gasteiger partial charge in [0, 0.05) is 17.8 Å². The summed E-state index contributed by atoms with van der Waals surface area (Å²) in [4.78, 5) is 8.34. The fourth-order valence-electron chi connectivity index (χ4n) is 5.26. The molecule has 2 aliphatic rings. The first-order valence-corrected chi connectivity index (χ1v) is 8.60. The van der Waals surface area contributed by atoms with Crippen LogP contribution in [0.2, 0.25) is 0 Å². The van der Waals surface area contributed by atoms with Gasteiger partial charge in [-0.15, -0.1) is 0 Å². The first-order valence-electron chi connectivity index (χ1n) is 8.60. The molecule has 2 aliphatic carbocycles. The van der Waals surface area contributed by atoms with Crippen molar-refractivity contribution in [3.8, 4) is 11.4 Å². The predicted molar refractivity (Wildman–Crippen MR) is 94.6 cm³/mol. The Bertz CT molecular complexity index is 929. The van der Waals surface area contributed by atoms with E-state index in [2.05, 4.69) is 62.3 Å². The van der Waals surface area contributed by atoms with Crippen LogP contribution in [-0.4, -0.2) is 9.97 Å². The lowest BCUT2D eigenvalue weighted by Crippen LogP contribution is -2.31. The molecule has 2 atom stereocenters. The number of rotatable bonds is 1. The Hall–Kier alpha value is -2.09. The Labute approximate surface area is 137 Å². The van der Waals surface area contributed by atoms with Crippen molar-refractivity contribution in [2.45, 2.75) is 44.9 Å². The molecule has 1 fully saturated rings. The van der Waals surface area contributed by atoms with Crippen LogP contribution in [0.1, 0.15) is 50.7 Å². The number of pyridine rings is 1. The van der Waals surface area contributed by atoms with Gasteiger partial charge in [-0.05, 0) is 52.2 Å². The van der Waals surface area contributed by atoms with Crippen LogP contribution < -0.4 is 0 Å². The van der Waals surface area contributed by atoms with Crippen molar-refractivity contribution in [3.63, 3.8) is 0 Å². The van der Waals surface area contributed by atoms with Crippen molar-refractivity contribution in [1.82, 2.24) is 9.97 Å². The Morgan fingerprint density at radius 2 is 1.96 bits per heavy atom. The third-order valence-electron chi connectivity index (χ3n) is 7.00. The summed E-state index contributed by atoms with van der Waals surface area (Å²) in [5.41, 5.74) is 6.06. The van der Waals surface area contributed by atoms with E-state index in [9.17, 15) is 0 Å². The number of nitrogens with zero attached hydrogens (tertiary/aromatic N) is 1. The SMILES string of the molecule is CC12CCC(c3c1c[nH]c3-c1nccc3ccccc13)C2(C)C. The molecule has 2 unspecified atom stereocenters. The van der Waals surface area contributed by atoms with Crippen LogP contribution in [-0.2, 0) is 5.41 Å². The first kappa shape index (κ1) is 13.4. The summed E-state index contributed by atoms with van der Waals surface area (Å²) < 4.78 is 0. The first-order chi connectivity index (χ1) is 11.0. The van der Waals surface area contributed by atoms with Gasteiger partial charge in [0.05, 0.1) is 11.4 Å². The van der Waals surface area contributed by atoms with E-state index in [1.165, 1.54) is 40.4 Å². The topological polar surface area (TPSA) is 28.7 Å². The van der Waals surface area contributed by atoms with Crippen LogP contribution in [0.3, 0.4) is 0 Å². The quantitative estimate of drug-likeness (QED) is 0.640. The molecule has 0 aliphatic heterocycles. The Morgan fingerprint density at radius 1 is 1.13 bits per heavy atom. The smallest absolute Gasteiger partial charge is 0.0945 e. The zero-order chi connectivity index (χ0) is 15.8. The van der Waals surface area contributed by atoms with Crippen LogP contribution in [0.5, 0.6) is 0 Å². The molecule has 2 nitrogen and oxygen atoms in total. The number of aromatic nitrogens is 2. The van der Waals surface area contributed by atoms with E-state index in [0.29, 0.717) is 16.7 Å². The third kappa shape index (κ3) is 1.43. The van der Waals surface area contributed by atoms with Crippen molar-refractivity contribution in [3.05, 3.63) is 53.9 Å². The van der Waals surface area contributed by atoms with Gasteiger partial charge in [0.2, 0.25) is 0 Å². The maximum atomic E-state index is 4.75. The molecule has 2 aromatic heterocycles. The molecule has 3 aromatic rings. The Balaban J connectivity index is 1.80. The summed E-state index contributed by atoms with van der Waals surface area (Å²) in [7, 11) is 0. The second kappa shape index (κ2) is 4.05. The summed E-state index contributed by atoms with van der Waals surface area (Å²) in [5, 5.41) is 2.50.